The Morgan fingerprint density at radius 2 is 1.09 bits per heavy atom. The van der Waals surface area contributed by atoms with E-state index >= 15 is 4.39 Å². The molecule has 31 nitrogen and oxygen atoms in total. The number of benzene rings is 1. The largest absolute Gasteiger partial charge is 0.379 e. The molecule has 0 bridgehead atoms. The first-order valence-corrected chi connectivity index (χ1v) is 36.0. The van der Waals surface area contributed by atoms with E-state index in [-0.39, 0.29) is 73.6 Å². The van der Waals surface area contributed by atoms with Crippen LogP contribution in [0.25, 0.3) is 22.9 Å². The maximum absolute atomic E-state index is 15.6. The highest BCUT2D eigenvalue weighted by atomic mass is 32.2. The van der Waals surface area contributed by atoms with E-state index in [0.717, 1.165) is 31.2 Å². The number of nitrogens with one attached hydrogen (secondary N) is 4. The third kappa shape index (κ3) is 35.3. The van der Waals surface area contributed by atoms with Gasteiger partial charge in [-0.05, 0) is 44.7 Å². The molecule has 4 amide bonds. The van der Waals surface area contributed by atoms with E-state index in [1.165, 1.54) is 12.3 Å². The van der Waals surface area contributed by atoms with Gasteiger partial charge in [-0.15, -0.1) is 0 Å². The van der Waals surface area contributed by atoms with Crippen molar-refractivity contribution in [1.82, 2.24) is 46.2 Å². The molecule has 3 atom stereocenters. The zero-order chi connectivity index (χ0) is 70.9. The Labute approximate surface area is 593 Å². The summed E-state index contributed by atoms with van der Waals surface area (Å²) >= 11 is 1.89. The van der Waals surface area contributed by atoms with Gasteiger partial charge in [-0.25, -0.2) is 23.5 Å². The molecule has 7 rings (SSSR count). The van der Waals surface area contributed by atoms with Crippen molar-refractivity contribution in [3.63, 3.8) is 0 Å². The molecule has 6 heterocycles. The first-order valence-electron chi connectivity index (χ1n) is 35.0. The molecule has 0 unspecified atom stereocenters. The molecule has 2 saturated heterocycles. The highest BCUT2D eigenvalue weighted by Crippen LogP contribution is 2.34. The van der Waals surface area contributed by atoms with Gasteiger partial charge in [0.25, 0.3) is 0 Å². The maximum atomic E-state index is 15.6. The average molecular weight is 1450 g/mol. The second kappa shape index (κ2) is 51.2. The Morgan fingerprint density at radius 1 is 0.594 bits per heavy atom. The van der Waals surface area contributed by atoms with Crippen LogP contribution in [0.15, 0.2) is 63.6 Å². The number of thioether (sulfide) groups is 1. The number of halogens is 2. The molecule has 1 aromatic carbocycles. The number of amides is 4. The summed E-state index contributed by atoms with van der Waals surface area (Å²) in [6, 6.07) is 10.2. The summed E-state index contributed by atoms with van der Waals surface area (Å²) in [5.41, 5.74) is 1.38. The molecular weight excluding hydrogens is 1350 g/mol. The number of hydrogen-bond acceptors (Lipinski definition) is 27. The molecule has 0 radical (unpaired) electrons. The monoisotopic (exact) mass is 1450 g/mol. The maximum Gasteiger partial charge on any atom is 0.315 e. The molecule has 101 heavy (non-hydrogen) atoms. The number of urea groups is 1. The molecule has 566 valence electrons. The Bertz CT molecular complexity index is 2890. The van der Waals surface area contributed by atoms with Crippen molar-refractivity contribution < 1.29 is 98.7 Å². The highest BCUT2D eigenvalue weighted by Gasteiger charge is 2.42. The number of ether oxygens (including phenoxy) is 15. The molecule has 0 aliphatic carbocycles. The van der Waals surface area contributed by atoms with E-state index in [0.29, 0.717) is 258 Å². The standard InChI is InChI=1S/C67H104F2N12O19S/c1-67(78-79-67)13-6-16-80(65-55(69)50-72-64(75-65)57-49-59(56-11-19-100-77-56)81(76-57)51-53-7-2-3-8-54(53)68)17-22-88-26-30-92-34-31-89-27-23-85-18-12-62(83)71-15-21-87-25-29-91-33-36-94-38-40-96-42-44-98-46-48-99-47-45-97-43-41-95-39-37-93-35-32-90-28-24-86-20-14-70-61(82)10-5-4-9-60-63-58(52-101-60)73-66(84)74-63/h2-3,7-8,11,19,49-50,58,60,63H,4-6,9-10,12-18,20-48,51-52H2,1H3,(H,70,82)(H,71,83)(H2,73,74,84)/t58-,60-,63-/m0/s1. The fourth-order valence-electron chi connectivity index (χ4n) is 10.2. The second-order valence-corrected chi connectivity index (χ2v) is 24.7. The Kier molecular flexibility index (Phi) is 41.7. The van der Waals surface area contributed by atoms with Crippen LogP contribution in [0.5, 0.6) is 0 Å². The number of rotatable bonds is 65. The lowest BCUT2D eigenvalue weighted by atomic mass is 10.0. The van der Waals surface area contributed by atoms with Crippen LogP contribution in [-0.2, 0) is 87.2 Å². The predicted molar refractivity (Wildman–Crippen MR) is 366 cm³/mol. The fraction of sp³-hybridized carbons (Fsp3) is 0.716. The van der Waals surface area contributed by atoms with Gasteiger partial charge in [0.2, 0.25) is 11.8 Å². The van der Waals surface area contributed by atoms with Crippen LogP contribution in [0.2, 0.25) is 0 Å². The minimum atomic E-state index is -0.606. The minimum absolute atomic E-state index is 0.0314. The Morgan fingerprint density at radius 3 is 1.59 bits per heavy atom. The van der Waals surface area contributed by atoms with Gasteiger partial charge in [0.15, 0.2) is 23.1 Å². The number of fused-ring (bicyclic) bond motifs is 1. The number of unbranched alkanes of at least 4 members (excludes halogenated alkanes) is 1. The van der Waals surface area contributed by atoms with Crippen LogP contribution in [-0.4, -0.2) is 296 Å². The lowest BCUT2D eigenvalue weighted by Gasteiger charge is -2.24. The number of hydrogen-bond donors (Lipinski definition) is 4. The van der Waals surface area contributed by atoms with Gasteiger partial charge in [-0.1, -0.05) is 29.8 Å². The summed E-state index contributed by atoms with van der Waals surface area (Å²) in [4.78, 5) is 46.5. The van der Waals surface area contributed by atoms with Gasteiger partial charge in [0.1, 0.15) is 23.5 Å². The SMILES string of the molecule is CC1(CCCN(CCOCCOCCOCCOCCC(=O)NCCOCCOCCOCCOCCOCCOCCOCCOCCOCCOCCOCCNC(=O)CCCC[C@@H]2SC[C@@H]3NC(=O)N[C@@H]32)c2nc(-c3cc(-c4ccon4)n(Cc4ccccc4F)n3)ncc2F)N=N1. The summed E-state index contributed by atoms with van der Waals surface area (Å²) in [6.45, 7) is 16.0. The summed E-state index contributed by atoms with van der Waals surface area (Å²) in [5.74, 6) is 0.126. The van der Waals surface area contributed by atoms with Crippen LogP contribution in [0, 0.1) is 11.6 Å². The molecule has 4 aromatic rings. The first-order chi connectivity index (χ1) is 49.6. The number of aromatic nitrogens is 5. The van der Waals surface area contributed by atoms with E-state index in [2.05, 4.69) is 51.7 Å². The van der Waals surface area contributed by atoms with E-state index in [1.807, 2.05) is 18.7 Å². The number of anilines is 1. The lowest BCUT2D eigenvalue weighted by molar-refractivity contribution is -0.123. The van der Waals surface area contributed by atoms with Crippen LogP contribution in [0.1, 0.15) is 57.4 Å². The summed E-state index contributed by atoms with van der Waals surface area (Å²) in [7, 11) is 0. The Hall–Kier alpha value is -6.06. The number of nitrogens with zero attached hydrogens (tertiary/aromatic N) is 8. The molecule has 2 fully saturated rings. The van der Waals surface area contributed by atoms with Crippen molar-refractivity contribution in [2.45, 2.75) is 81.4 Å². The lowest BCUT2D eigenvalue weighted by Crippen LogP contribution is -2.36. The molecule has 0 spiro atoms. The molecule has 0 saturated carbocycles. The predicted octanol–water partition coefficient (Wildman–Crippen LogP) is 4.69. The van der Waals surface area contributed by atoms with Crippen LogP contribution >= 0.6 is 11.8 Å². The molecule has 4 N–H and O–H groups in total. The van der Waals surface area contributed by atoms with Crippen molar-refractivity contribution >= 4 is 35.4 Å². The van der Waals surface area contributed by atoms with Crippen molar-refractivity contribution in [3.05, 3.63) is 66.1 Å². The van der Waals surface area contributed by atoms with E-state index in [4.69, 9.17) is 75.6 Å². The van der Waals surface area contributed by atoms with Crippen molar-refractivity contribution in [2.75, 3.05) is 235 Å². The van der Waals surface area contributed by atoms with Gasteiger partial charge in [0.05, 0.1) is 229 Å². The van der Waals surface area contributed by atoms with Gasteiger partial charge in [-0.3, -0.25) is 14.3 Å². The zero-order valence-corrected chi connectivity index (χ0v) is 59.1. The number of carbonyl (C=O) groups excluding carboxylic acids is 3. The highest BCUT2D eigenvalue weighted by molar-refractivity contribution is 8.00. The van der Waals surface area contributed by atoms with Crippen molar-refractivity contribution in [2.24, 2.45) is 10.2 Å². The normalized spacial score (nSPS) is 15.9. The zero-order valence-electron chi connectivity index (χ0n) is 58.3. The van der Waals surface area contributed by atoms with Gasteiger partial charge in [0, 0.05) is 61.7 Å². The van der Waals surface area contributed by atoms with Crippen LogP contribution in [0.4, 0.5) is 19.4 Å². The summed E-state index contributed by atoms with van der Waals surface area (Å²) in [5, 5.41) is 29.0. The van der Waals surface area contributed by atoms with Crippen molar-refractivity contribution in [3.8, 4) is 22.9 Å². The Balaban J connectivity index is 0.542. The molecule has 3 aliphatic heterocycles. The third-order valence-electron chi connectivity index (χ3n) is 15.6. The quantitative estimate of drug-likeness (QED) is 0.0344. The van der Waals surface area contributed by atoms with E-state index in [9.17, 15) is 18.8 Å². The van der Waals surface area contributed by atoms with E-state index in [1.54, 1.807) is 39.9 Å². The van der Waals surface area contributed by atoms with Gasteiger partial charge >= 0.3 is 6.03 Å². The summed E-state index contributed by atoms with van der Waals surface area (Å²) < 4.78 is 120. The van der Waals surface area contributed by atoms with Crippen LogP contribution < -0.4 is 26.2 Å². The molecular formula is C67H104F2N12O19S. The van der Waals surface area contributed by atoms with Gasteiger partial charge in [-0.2, -0.15) is 27.1 Å². The number of carbonyl (C=O) groups is 3. The third-order valence-corrected chi connectivity index (χ3v) is 17.1. The average Bonchev–Trinajstić information content (AvgIpc) is 1.69. The molecule has 3 aliphatic rings. The van der Waals surface area contributed by atoms with E-state index < -0.39 is 11.5 Å². The van der Waals surface area contributed by atoms with Crippen molar-refractivity contribution in [1.29, 1.82) is 0 Å². The summed E-state index contributed by atoms with van der Waals surface area (Å²) in [6.07, 6.45) is 7.41. The molecule has 34 heteroatoms. The van der Waals surface area contributed by atoms with Crippen LogP contribution in [0.3, 0.4) is 0 Å². The second-order valence-electron chi connectivity index (χ2n) is 23.4. The fourth-order valence-corrected chi connectivity index (χ4v) is 11.7. The molecule has 3 aromatic heterocycles. The topological polar surface area (TPSA) is 335 Å². The first kappa shape index (κ1) is 82.2. The van der Waals surface area contributed by atoms with Gasteiger partial charge < -0.3 is 102 Å². The minimum Gasteiger partial charge on any atom is -0.379 e. The smallest absolute Gasteiger partial charge is 0.315 e.